The Labute approximate surface area is 107 Å². The lowest BCUT2D eigenvalue weighted by atomic mass is 10.2. The van der Waals surface area contributed by atoms with Gasteiger partial charge in [-0.2, -0.15) is 0 Å². The monoisotopic (exact) mass is 255 g/mol. The minimum Gasteiger partial charge on any atom is -0.395 e. The summed E-state index contributed by atoms with van der Waals surface area (Å²) < 4.78 is 0. The van der Waals surface area contributed by atoms with Crippen molar-refractivity contribution in [3.63, 3.8) is 0 Å². The van der Waals surface area contributed by atoms with Gasteiger partial charge in [0.05, 0.1) is 17.8 Å². The topological polar surface area (TPSA) is 39.6 Å². The van der Waals surface area contributed by atoms with Crippen molar-refractivity contribution < 1.29 is 5.11 Å². The van der Waals surface area contributed by atoms with Crippen molar-refractivity contribution in [3.05, 3.63) is 16.1 Å². The van der Waals surface area contributed by atoms with Gasteiger partial charge in [-0.25, -0.2) is 4.98 Å². The Balaban J connectivity index is 1.70. The molecule has 1 aromatic heterocycles. The first-order chi connectivity index (χ1) is 8.29. The Bertz CT molecular complexity index is 334. The van der Waals surface area contributed by atoms with Gasteiger partial charge >= 0.3 is 0 Å². The van der Waals surface area contributed by atoms with Gasteiger partial charge < -0.3 is 10.0 Å². The van der Waals surface area contributed by atoms with Crippen LogP contribution < -0.4 is 0 Å². The summed E-state index contributed by atoms with van der Waals surface area (Å²) in [5.41, 5.74) is 3.12. The fourth-order valence-corrected chi connectivity index (χ4v) is 2.97. The van der Waals surface area contributed by atoms with Gasteiger partial charge in [0.25, 0.3) is 0 Å². The van der Waals surface area contributed by atoms with Crippen LogP contribution >= 0.6 is 11.3 Å². The number of hydrogen-bond donors (Lipinski definition) is 1. The molecule has 0 radical (unpaired) electrons. The number of thiazole rings is 1. The largest absolute Gasteiger partial charge is 0.395 e. The molecule has 96 valence electrons. The number of nitrogens with zero attached hydrogens (tertiary/aromatic N) is 3. The SMILES string of the molecule is Cc1ncsc1CCN1CCN(CCO)CC1. The van der Waals surface area contributed by atoms with Crippen LogP contribution in [0.15, 0.2) is 5.51 Å². The maximum absolute atomic E-state index is 8.88. The third-order valence-corrected chi connectivity index (χ3v) is 4.38. The van der Waals surface area contributed by atoms with E-state index in [9.17, 15) is 0 Å². The summed E-state index contributed by atoms with van der Waals surface area (Å²) in [6.07, 6.45) is 1.12. The third kappa shape index (κ3) is 3.74. The number of β-amino-alcohol motifs (C(OH)–C–C–N with tert-alkyl or cyclic N) is 1. The fraction of sp³-hybridized carbons (Fsp3) is 0.750. The highest BCUT2D eigenvalue weighted by atomic mass is 32.1. The van der Waals surface area contributed by atoms with Gasteiger partial charge in [0.2, 0.25) is 0 Å². The quantitative estimate of drug-likeness (QED) is 0.836. The Kier molecular flexibility index (Phi) is 4.91. The van der Waals surface area contributed by atoms with E-state index in [1.165, 1.54) is 10.6 Å². The standard InChI is InChI=1S/C12H21N3OS/c1-11-12(17-10-13-11)2-3-14-4-6-15(7-5-14)8-9-16/h10,16H,2-9H2,1H3. The Morgan fingerprint density at radius 2 is 1.88 bits per heavy atom. The number of aromatic nitrogens is 1. The molecule has 0 aliphatic carbocycles. The van der Waals surface area contributed by atoms with Gasteiger partial charge in [0, 0.05) is 44.1 Å². The van der Waals surface area contributed by atoms with E-state index in [-0.39, 0.29) is 6.61 Å². The number of aliphatic hydroxyl groups is 1. The van der Waals surface area contributed by atoms with E-state index in [1.54, 1.807) is 11.3 Å². The Hall–Kier alpha value is -0.490. The van der Waals surface area contributed by atoms with Crippen molar-refractivity contribution in [3.8, 4) is 0 Å². The van der Waals surface area contributed by atoms with Gasteiger partial charge in [-0.05, 0) is 13.3 Å². The van der Waals surface area contributed by atoms with Crippen LogP contribution in [0.25, 0.3) is 0 Å². The van der Waals surface area contributed by atoms with Crippen molar-refractivity contribution in [2.75, 3.05) is 45.9 Å². The van der Waals surface area contributed by atoms with E-state index in [0.717, 1.165) is 45.7 Å². The molecule has 0 saturated carbocycles. The molecule has 1 N–H and O–H groups in total. The Morgan fingerprint density at radius 1 is 1.24 bits per heavy atom. The number of piperazine rings is 1. The molecule has 1 aliphatic rings. The molecule has 0 atom stereocenters. The number of aliphatic hydroxyl groups excluding tert-OH is 1. The molecule has 1 aromatic rings. The molecule has 0 unspecified atom stereocenters. The van der Waals surface area contributed by atoms with Crippen LogP contribution in [0.1, 0.15) is 10.6 Å². The zero-order valence-corrected chi connectivity index (χ0v) is 11.2. The molecule has 0 amide bonds. The first-order valence-electron chi connectivity index (χ1n) is 6.24. The summed E-state index contributed by atoms with van der Waals surface area (Å²) in [5, 5.41) is 8.88. The van der Waals surface area contributed by atoms with Crippen molar-refractivity contribution in [1.29, 1.82) is 0 Å². The molecule has 1 fully saturated rings. The molecule has 5 heteroatoms. The molecule has 2 heterocycles. The van der Waals surface area contributed by atoms with Crippen LogP contribution in [-0.2, 0) is 6.42 Å². The van der Waals surface area contributed by atoms with Crippen LogP contribution in [-0.4, -0.2) is 65.8 Å². The molecule has 0 bridgehead atoms. The minimum absolute atomic E-state index is 0.278. The maximum atomic E-state index is 8.88. The third-order valence-electron chi connectivity index (χ3n) is 3.38. The van der Waals surface area contributed by atoms with E-state index >= 15 is 0 Å². The van der Waals surface area contributed by atoms with Crippen molar-refractivity contribution >= 4 is 11.3 Å². The first-order valence-corrected chi connectivity index (χ1v) is 7.12. The highest BCUT2D eigenvalue weighted by Gasteiger charge is 2.16. The maximum Gasteiger partial charge on any atom is 0.0797 e. The van der Waals surface area contributed by atoms with Crippen LogP contribution in [0, 0.1) is 6.92 Å². The van der Waals surface area contributed by atoms with Crippen LogP contribution in [0.5, 0.6) is 0 Å². The summed E-state index contributed by atoms with van der Waals surface area (Å²) in [5.74, 6) is 0. The second-order valence-electron chi connectivity index (χ2n) is 4.52. The average Bonchev–Trinajstić information content (AvgIpc) is 2.75. The molecule has 0 aromatic carbocycles. The lowest BCUT2D eigenvalue weighted by Crippen LogP contribution is -2.47. The Morgan fingerprint density at radius 3 is 2.41 bits per heavy atom. The van der Waals surface area contributed by atoms with Gasteiger partial charge in [-0.3, -0.25) is 4.90 Å². The lowest BCUT2D eigenvalue weighted by Gasteiger charge is -2.34. The molecule has 4 nitrogen and oxygen atoms in total. The highest BCUT2D eigenvalue weighted by Crippen LogP contribution is 2.13. The minimum atomic E-state index is 0.278. The lowest BCUT2D eigenvalue weighted by molar-refractivity contribution is 0.113. The number of rotatable bonds is 5. The summed E-state index contributed by atoms with van der Waals surface area (Å²) in [6, 6.07) is 0. The zero-order chi connectivity index (χ0) is 12.1. The van der Waals surface area contributed by atoms with Gasteiger partial charge in [-0.1, -0.05) is 0 Å². The van der Waals surface area contributed by atoms with Gasteiger partial charge in [0.15, 0.2) is 0 Å². The molecule has 1 aliphatic heterocycles. The van der Waals surface area contributed by atoms with Gasteiger partial charge in [-0.15, -0.1) is 11.3 Å². The van der Waals surface area contributed by atoms with Crippen LogP contribution in [0.4, 0.5) is 0 Å². The second kappa shape index (κ2) is 6.44. The summed E-state index contributed by atoms with van der Waals surface area (Å²) in [4.78, 5) is 10.5. The predicted molar refractivity (Wildman–Crippen MR) is 70.5 cm³/mol. The molecular weight excluding hydrogens is 234 g/mol. The fourth-order valence-electron chi connectivity index (χ4n) is 2.20. The summed E-state index contributed by atoms with van der Waals surface area (Å²) in [7, 11) is 0. The molecule has 2 rings (SSSR count). The summed E-state index contributed by atoms with van der Waals surface area (Å²) >= 11 is 1.77. The van der Waals surface area contributed by atoms with Crippen LogP contribution in [0.3, 0.4) is 0 Å². The predicted octanol–water partition coefficient (Wildman–Crippen LogP) is 0.604. The van der Waals surface area contributed by atoms with Gasteiger partial charge in [0.1, 0.15) is 0 Å². The van der Waals surface area contributed by atoms with Crippen molar-refractivity contribution in [2.45, 2.75) is 13.3 Å². The highest BCUT2D eigenvalue weighted by molar-refractivity contribution is 7.09. The molecule has 17 heavy (non-hydrogen) atoms. The van der Waals surface area contributed by atoms with E-state index in [0.29, 0.717) is 0 Å². The van der Waals surface area contributed by atoms with Crippen LogP contribution in [0.2, 0.25) is 0 Å². The average molecular weight is 255 g/mol. The van der Waals surface area contributed by atoms with E-state index in [2.05, 4.69) is 21.7 Å². The van der Waals surface area contributed by atoms with E-state index in [4.69, 9.17) is 5.11 Å². The first kappa shape index (κ1) is 13.0. The normalized spacial score (nSPS) is 18.7. The van der Waals surface area contributed by atoms with E-state index < -0.39 is 0 Å². The second-order valence-corrected chi connectivity index (χ2v) is 5.46. The zero-order valence-electron chi connectivity index (χ0n) is 10.4. The van der Waals surface area contributed by atoms with Crippen molar-refractivity contribution in [1.82, 2.24) is 14.8 Å². The molecule has 1 saturated heterocycles. The van der Waals surface area contributed by atoms with E-state index in [1.807, 2.05) is 5.51 Å². The summed E-state index contributed by atoms with van der Waals surface area (Å²) in [6.45, 7) is 8.74. The number of hydrogen-bond acceptors (Lipinski definition) is 5. The molecule has 0 spiro atoms. The number of aryl methyl sites for hydroxylation is 1. The molecular formula is C12H21N3OS. The van der Waals surface area contributed by atoms with Crippen molar-refractivity contribution in [2.24, 2.45) is 0 Å². The smallest absolute Gasteiger partial charge is 0.0797 e.